The Balaban J connectivity index is 1.73. The summed E-state index contributed by atoms with van der Waals surface area (Å²) in [4.78, 5) is 27.3. The molecule has 2 amide bonds. The lowest BCUT2D eigenvalue weighted by Gasteiger charge is -2.34. The molecule has 0 saturated carbocycles. The number of hydrogen-bond acceptors (Lipinski definition) is 3. The molecular formula is C16H23N3O2. The van der Waals surface area contributed by atoms with Crippen LogP contribution in [0.2, 0.25) is 0 Å². The zero-order valence-corrected chi connectivity index (χ0v) is 12.8. The molecule has 114 valence electrons. The average molecular weight is 289 g/mol. The van der Waals surface area contributed by atoms with Crippen molar-refractivity contribution < 1.29 is 9.59 Å². The molecule has 1 N–H and O–H groups in total. The minimum Gasteiger partial charge on any atom is -0.340 e. The van der Waals surface area contributed by atoms with Crippen molar-refractivity contribution in [2.75, 3.05) is 38.0 Å². The van der Waals surface area contributed by atoms with E-state index in [1.807, 2.05) is 36.1 Å². The summed E-state index contributed by atoms with van der Waals surface area (Å²) in [6.45, 7) is 7.53. The molecule has 1 fully saturated rings. The maximum absolute atomic E-state index is 12.0. The van der Waals surface area contributed by atoms with E-state index in [0.29, 0.717) is 6.42 Å². The van der Waals surface area contributed by atoms with Crippen molar-refractivity contribution in [3.05, 3.63) is 29.8 Å². The van der Waals surface area contributed by atoms with Crippen LogP contribution < -0.4 is 5.32 Å². The quantitative estimate of drug-likeness (QED) is 0.913. The van der Waals surface area contributed by atoms with E-state index >= 15 is 0 Å². The van der Waals surface area contributed by atoms with E-state index in [1.165, 1.54) is 0 Å². The number of benzene rings is 1. The van der Waals surface area contributed by atoms with E-state index in [1.54, 1.807) is 6.92 Å². The highest BCUT2D eigenvalue weighted by Gasteiger charge is 2.18. The molecule has 1 aliphatic rings. The molecule has 5 nitrogen and oxygen atoms in total. The van der Waals surface area contributed by atoms with Crippen molar-refractivity contribution in [1.29, 1.82) is 0 Å². The van der Waals surface area contributed by atoms with Crippen LogP contribution >= 0.6 is 0 Å². The molecule has 21 heavy (non-hydrogen) atoms. The van der Waals surface area contributed by atoms with Gasteiger partial charge in [0.1, 0.15) is 0 Å². The normalized spacial score (nSPS) is 15.8. The SMILES string of the molecule is CC(=O)N1CCN(CCC(=O)Nc2ccccc2C)CC1. The topological polar surface area (TPSA) is 52.7 Å². The summed E-state index contributed by atoms with van der Waals surface area (Å²) in [5.41, 5.74) is 1.95. The van der Waals surface area contributed by atoms with Crippen LogP contribution in [-0.4, -0.2) is 54.3 Å². The molecule has 5 heteroatoms. The number of nitrogens with zero attached hydrogens (tertiary/aromatic N) is 2. The fourth-order valence-electron chi connectivity index (χ4n) is 2.47. The molecule has 1 saturated heterocycles. The Bertz CT molecular complexity index is 508. The molecule has 0 atom stereocenters. The van der Waals surface area contributed by atoms with Gasteiger partial charge in [0.25, 0.3) is 0 Å². The van der Waals surface area contributed by atoms with Crippen molar-refractivity contribution >= 4 is 17.5 Å². The Hall–Kier alpha value is -1.88. The minimum absolute atomic E-state index is 0.0401. The van der Waals surface area contributed by atoms with Crippen LogP contribution in [0.4, 0.5) is 5.69 Å². The van der Waals surface area contributed by atoms with Crippen LogP contribution in [-0.2, 0) is 9.59 Å². The lowest BCUT2D eigenvalue weighted by molar-refractivity contribution is -0.130. The third-order valence-electron chi connectivity index (χ3n) is 3.89. The van der Waals surface area contributed by atoms with Crippen LogP contribution in [0.25, 0.3) is 0 Å². The van der Waals surface area contributed by atoms with Crippen molar-refractivity contribution in [2.45, 2.75) is 20.3 Å². The number of carbonyl (C=O) groups is 2. The highest BCUT2D eigenvalue weighted by Crippen LogP contribution is 2.13. The second-order valence-electron chi connectivity index (χ2n) is 5.46. The average Bonchev–Trinajstić information content (AvgIpc) is 2.48. The van der Waals surface area contributed by atoms with Crippen LogP contribution in [0.15, 0.2) is 24.3 Å². The van der Waals surface area contributed by atoms with E-state index in [2.05, 4.69) is 10.2 Å². The van der Waals surface area contributed by atoms with Gasteiger partial charge in [0, 0.05) is 51.8 Å². The molecule has 1 heterocycles. The predicted octanol–water partition coefficient (Wildman–Crippen LogP) is 1.49. The molecule has 0 spiro atoms. The summed E-state index contributed by atoms with van der Waals surface area (Å²) in [5, 5.41) is 2.95. The number of piperazine rings is 1. The smallest absolute Gasteiger partial charge is 0.225 e. The monoisotopic (exact) mass is 289 g/mol. The van der Waals surface area contributed by atoms with E-state index < -0.39 is 0 Å². The highest BCUT2D eigenvalue weighted by molar-refractivity contribution is 5.91. The number of amides is 2. The molecule has 0 bridgehead atoms. The highest BCUT2D eigenvalue weighted by atomic mass is 16.2. The first-order valence-corrected chi connectivity index (χ1v) is 7.39. The summed E-state index contributed by atoms with van der Waals surface area (Å²) < 4.78 is 0. The molecular weight excluding hydrogens is 266 g/mol. The number of aryl methyl sites for hydroxylation is 1. The van der Waals surface area contributed by atoms with E-state index in [4.69, 9.17) is 0 Å². The molecule has 1 aromatic rings. The van der Waals surface area contributed by atoms with Crippen LogP contribution in [0.1, 0.15) is 18.9 Å². The van der Waals surface area contributed by atoms with Crippen molar-refractivity contribution in [1.82, 2.24) is 9.80 Å². The van der Waals surface area contributed by atoms with Crippen molar-refractivity contribution in [3.63, 3.8) is 0 Å². The van der Waals surface area contributed by atoms with Gasteiger partial charge in [-0.15, -0.1) is 0 Å². The predicted molar refractivity (Wildman–Crippen MR) is 83.1 cm³/mol. The molecule has 0 radical (unpaired) electrons. The molecule has 1 aromatic carbocycles. The Kier molecular flexibility index (Phi) is 5.33. The van der Waals surface area contributed by atoms with E-state index in [0.717, 1.165) is 44.0 Å². The van der Waals surface area contributed by atoms with Crippen LogP contribution in [0.5, 0.6) is 0 Å². The van der Waals surface area contributed by atoms with Gasteiger partial charge in [-0.2, -0.15) is 0 Å². The zero-order valence-electron chi connectivity index (χ0n) is 12.8. The lowest BCUT2D eigenvalue weighted by atomic mass is 10.2. The van der Waals surface area contributed by atoms with Gasteiger partial charge < -0.3 is 10.2 Å². The molecule has 2 rings (SSSR count). The van der Waals surface area contributed by atoms with Crippen molar-refractivity contribution in [2.24, 2.45) is 0 Å². The molecule has 0 aromatic heterocycles. The number of anilines is 1. The van der Waals surface area contributed by atoms with Crippen LogP contribution in [0, 0.1) is 6.92 Å². The lowest BCUT2D eigenvalue weighted by Crippen LogP contribution is -2.48. The van der Waals surface area contributed by atoms with Gasteiger partial charge in [0.2, 0.25) is 11.8 Å². The summed E-state index contributed by atoms with van der Waals surface area (Å²) in [7, 11) is 0. The summed E-state index contributed by atoms with van der Waals surface area (Å²) >= 11 is 0. The Morgan fingerprint density at radius 1 is 1.14 bits per heavy atom. The minimum atomic E-state index is 0.0401. The summed E-state index contributed by atoms with van der Waals surface area (Å²) in [5.74, 6) is 0.172. The number of hydrogen-bond donors (Lipinski definition) is 1. The van der Waals surface area contributed by atoms with E-state index in [-0.39, 0.29) is 11.8 Å². The number of rotatable bonds is 4. The number of carbonyl (C=O) groups excluding carboxylic acids is 2. The zero-order chi connectivity index (χ0) is 15.2. The second-order valence-corrected chi connectivity index (χ2v) is 5.46. The van der Waals surface area contributed by atoms with Gasteiger partial charge >= 0.3 is 0 Å². The van der Waals surface area contributed by atoms with Gasteiger partial charge in [-0.25, -0.2) is 0 Å². The van der Waals surface area contributed by atoms with Crippen LogP contribution in [0.3, 0.4) is 0 Å². The largest absolute Gasteiger partial charge is 0.340 e. The number of nitrogens with one attached hydrogen (secondary N) is 1. The Morgan fingerprint density at radius 3 is 2.43 bits per heavy atom. The van der Waals surface area contributed by atoms with Gasteiger partial charge in [-0.3, -0.25) is 14.5 Å². The van der Waals surface area contributed by atoms with Gasteiger partial charge in [-0.1, -0.05) is 18.2 Å². The molecule has 0 unspecified atom stereocenters. The summed E-state index contributed by atoms with van der Waals surface area (Å²) in [6.07, 6.45) is 0.481. The summed E-state index contributed by atoms with van der Waals surface area (Å²) in [6, 6.07) is 7.78. The Morgan fingerprint density at radius 2 is 1.81 bits per heavy atom. The molecule has 1 aliphatic heterocycles. The fraction of sp³-hybridized carbons (Fsp3) is 0.500. The third kappa shape index (κ3) is 4.56. The maximum atomic E-state index is 12.0. The standard InChI is InChI=1S/C16H23N3O2/c1-13-5-3-4-6-15(13)17-16(21)7-8-18-9-11-19(12-10-18)14(2)20/h3-6H,7-12H2,1-2H3,(H,17,21). The Labute approximate surface area is 125 Å². The maximum Gasteiger partial charge on any atom is 0.225 e. The van der Waals surface area contributed by atoms with Gasteiger partial charge in [0.15, 0.2) is 0 Å². The first-order chi connectivity index (χ1) is 10.1. The fourth-order valence-corrected chi connectivity index (χ4v) is 2.47. The third-order valence-corrected chi connectivity index (χ3v) is 3.89. The molecule has 0 aliphatic carbocycles. The second kappa shape index (κ2) is 7.22. The van der Waals surface area contributed by atoms with Crippen molar-refractivity contribution in [3.8, 4) is 0 Å². The first-order valence-electron chi connectivity index (χ1n) is 7.39. The van der Waals surface area contributed by atoms with Gasteiger partial charge in [0.05, 0.1) is 0 Å². The first kappa shape index (κ1) is 15.5. The van der Waals surface area contributed by atoms with E-state index in [9.17, 15) is 9.59 Å². The van der Waals surface area contributed by atoms with Gasteiger partial charge in [-0.05, 0) is 18.6 Å². The number of para-hydroxylation sites is 1.